The Hall–Kier alpha value is -2.43. The van der Waals surface area contributed by atoms with Gasteiger partial charge in [0, 0.05) is 17.1 Å². The van der Waals surface area contributed by atoms with E-state index < -0.39 is 11.7 Å². The van der Waals surface area contributed by atoms with Crippen LogP contribution in [0.25, 0.3) is 0 Å². The molecule has 0 bridgehead atoms. The summed E-state index contributed by atoms with van der Waals surface area (Å²) in [5.74, 6) is -0.207. The van der Waals surface area contributed by atoms with E-state index in [1.54, 1.807) is 13.8 Å². The zero-order valence-corrected chi connectivity index (χ0v) is 15.0. The van der Waals surface area contributed by atoms with E-state index in [9.17, 15) is 9.59 Å². The second-order valence-electron chi connectivity index (χ2n) is 6.02. The van der Waals surface area contributed by atoms with Gasteiger partial charge < -0.3 is 5.32 Å². The lowest BCUT2D eigenvalue weighted by Crippen LogP contribution is -2.35. The van der Waals surface area contributed by atoms with Crippen molar-refractivity contribution in [1.29, 1.82) is 0 Å². The second-order valence-corrected chi connectivity index (χ2v) is 6.02. The number of carbonyl (C=O) groups excluding carboxylic acids is 1. The summed E-state index contributed by atoms with van der Waals surface area (Å²) in [5, 5.41) is 3.02. The Balaban J connectivity index is 2.36. The van der Waals surface area contributed by atoms with Crippen molar-refractivity contribution < 1.29 is 4.79 Å². The molecule has 128 valence electrons. The number of hydrogen-bond acceptors (Lipinski definition) is 3. The van der Waals surface area contributed by atoms with Gasteiger partial charge in [0.15, 0.2) is 0 Å². The highest BCUT2D eigenvalue weighted by molar-refractivity contribution is 5.95. The lowest BCUT2D eigenvalue weighted by Gasteiger charge is -2.20. The molecule has 1 atom stereocenters. The fraction of sp³-hybridized carbons (Fsp3) is 0.421. The molecule has 0 aliphatic rings. The van der Waals surface area contributed by atoms with Gasteiger partial charge in [0.2, 0.25) is 5.91 Å². The summed E-state index contributed by atoms with van der Waals surface area (Å²) in [7, 11) is 0. The van der Waals surface area contributed by atoms with Crippen molar-refractivity contribution in [2.45, 2.75) is 53.5 Å². The standard InChI is InChI=1S/C19H25N3O2/c1-6-15-9-8-10-16(7-2)17(15)21-18(23)14(5)22-13(4)11-12(3)20-19(22)24/h8-11,14H,6-7H2,1-5H3,(H,21,23)/t14-/m1/s1. The molecular weight excluding hydrogens is 302 g/mol. The first-order chi connectivity index (χ1) is 11.4. The van der Waals surface area contributed by atoms with Crippen molar-refractivity contribution in [3.05, 3.63) is 57.3 Å². The molecule has 24 heavy (non-hydrogen) atoms. The van der Waals surface area contributed by atoms with Crippen LogP contribution < -0.4 is 11.0 Å². The van der Waals surface area contributed by atoms with Gasteiger partial charge in [0.25, 0.3) is 0 Å². The molecule has 2 aromatic rings. The average Bonchev–Trinajstić information content (AvgIpc) is 2.53. The molecule has 5 heteroatoms. The van der Waals surface area contributed by atoms with E-state index in [2.05, 4.69) is 24.1 Å². The highest BCUT2D eigenvalue weighted by atomic mass is 16.2. The zero-order chi connectivity index (χ0) is 17.9. The monoisotopic (exact) mass is 327 g/mol. The van der Waals surface area contributed by atoms with Crippen molar-refractivity contribution in [2.75, 3.05) is 5.32 Å². The molecule has 1 amide bonds. The van der Waals surface area contributed by atoms with Gasteiger partial charge in [-0.05, 0) is 50.8 Å². The number of aryl methyl sites for hydroxylation is 4. The number of hydrogen-bond donors (Lipinski definition) is 1. The Morgan fingerprint density at radius 3 is 2.29 bits per heavy atom. The van der Waals surface area contributed by atoms with Gasteiger partial charge in [-0.15, -0.1) is 0 Å². The molecule has 0 aliphatic heterocycles. The SMILES string of the molecule is CCc1cccc(CC)c1NC(=O)[C@@H](C)n1c(C)cc(C)nc1=O. The van der Waals surface area contributed by atoms with Crippen LogP contribution in [0.2, 0.25) is 0 Å². The van der Waals surface area contributed by atoms with Gasteiger partial charge >= 0.3 is 5.69 Å². The predicted molar refractivity (Wildman–Crippen MR) is 96.5 cm³/mol. The van der Waals surface area contributed by atoms with Crippen molar-refractivity contribution in [1.82, 2.24) is 9.55 Å². The minimum Gasteiger partial charge on any atom is -0.324 e. The number of carbonyl (C=O) groups is 1. The molecule has 2 rings (SSSR count). The smallest absolute Gasteiger partial charge is 0.324 e. The lowest BCUT2D eigenvalue weighted by atomic mass is 10.0. The van der Waals surface area contributed by atoms with Crippen LogP contribution >= 0.6 is 0 Å². The maximum absolute atomic E-state index is 12.7. The fourth-order valence-corrected chi connectivity index (χ4v) is 2.98. The third-order valence-electron chi connectivity index (χ3n) is 4.29. The van der Waals surface area contributed by atoms with Crippen LogP contribution in [0.5, 0.6) is 0 Å². The molecule has 0 aliphatic carbocycles. The largest absolute Gasteiger partial charge is 0.348 e. The van der Waals surface area contributed by atoms with E-state index in [0.29, 0.717) is 5.69 Å². The molecule has 1 N–H and O–H groups in total. The summed E-state index contributed by atoms with van der Waals surface area (Å²) in [6.45, 7) is 9.44. The van der Waals surface area contributed by atoms with E-state index in [1.807, 2.05) is 31.2 Å². The molecule has 5 nitrogen and oxygen atoms in total. The van der Waals surface area contributed by atoms with E-state index in [-0.39, 0.29) is 5.91 Å². The van der Waals surface area contributed by atoms with Gasteiger partial charge in [-0.2, -0.15) is 4.98 Å². The lowest BCUT2D eigenvalue weighted by molar-refractivity contribution is -0.119. The summed E-state index contributed by atoms with van der Waals surface area (Å²) in [6.07, 6.45) is 1.67. The first-order valence-corrected chi connectivity index (χ1v) is 8.37. The first-order valence-electron chi connectivity index (χ1n) is 8.37. The quantitative estimate of drug-likeness (QED) is 0.917. The minimum absolute atomic E-state index is 0.207. The maximum atomic E-state index is 12.7. The van der Waals surface area contributed by atoms with E-state index >= 15 is 0 Å². The molecule has 0 unspecified atom stereocenters. The van der Waals surface area contributed by atoms with E-state index in [4.69, 9.17) is 0 Å². The maximum Gasteiger partial charge on any atom is 0.348 e. The van der Waals surface area contributed by atoms with Gasteiger partial charge in [-0.3, -0.25) is 9.36 Å². The highest BCUT2D eigenvalue weighted by Crippen LogP contribution is 2.23. The normalized spacial score (nSPS) is 12.0. The van der Waals surface area contributed by atoms with Crippen LogP contribution in [0.3, 0.4) is 0 Å². The average molecular weight is 327 g/mol. The van der Waals surface area contributed by atoms with Crippen LogP contribution in [-0.2, 0) is 17.6 Å². The van der Waals surface area contributed by atoms with Crippen LogP contribution in [0.4, 0.5) is 5.69 Å². The molecule has 0 spiro atoms. The summed E-state index contributed by atoms with van der Waals surface area (Å²) in [6, 6.07) is 7.23. The minimum atomic E-state index is -0.625. The summed E-state index contributed by atoms with van der Waals surface area (Å²) in [5.41, 5.74) is 4.06. The molecule has 0 saturated heterocycles. The van der Waals surface area contributed by atoms with Gasteiger partial charge in [-0.25, -0.2) is 4.79 Å². The van der Waals surface area contributed by atoms with Gasteiger partial charge in [0.05, 0.1) is 0 Å². The van der Waals surface area contributed by atoms with Crippen molar-refractivity contribution in [2.24, 2.45) is 0 Å². The van der Waals surface area contributed by atoms with Gasteiger partial charge in [0.1, 0.15) is 6.04 Å². The molecule has 0 fully saturated rings. The Labute approximate surface area is 142 Å². The fourth-order valence-electron chi connectivity index (χ4n) is 2.98. The number of anilines is 1. The first kappa shape index (κ1) is 17.9. The van der Waals surface area contributed by atoms with Crippen LogP contribution in [0.15, 0.2) is 29.1 Å². The van der Waals surface area contributed by atoms with Crippen LogP contribution in [-0.4, -0.2) is 15.5 Å². The van der Waals surface area contributed by atoms with Crippen molar-refractivity contribution in [3.8, 4) is 0 Å². The number of nitrogens with one attached hydrogen (secondary N) is 1. The third kappa shape index (κ3) is 3.55. The highest BCUT2D eigenvalue weighted by Gasteiger charge is 2.20. The molecule has 0 radical (unpaired) electrons. The van der Waals surface area contributed by atoms with Crippen molar-refractivity contribution >= 4 is 11.6 Å². The molecule has 1 aromatic carbocycles. The number of rotatable bonds is 5. The topological polar surface area (TPSA) is 64.0 Å². The number of nitrogens with zero attached hydrogens (tertiary/aromatic N) is 2. The summed E-state index contributed by atoms with van der Waals surface area (Å²) >= 11 is 0. The zero-order valence-electron chi connectivity index (χ0n) is 15.0. The van der Waals surface area contributed by atoms with E-state index in [1.165, 1.54) is 4.57 Å². The Morgan fingerprint density at radius 2 is 1.79 bits per heavy atom. The van der Waals surface area contributed by atoms with Gasteiger partial charge in [-0.1, -0.05) is 32.0 Å². The van der Waals surface area contributed by atoms with Crippen LogP contribution in [0, 0.1) is 13.8 Å². The Kier molecular flexibility index (Phi) is 5.54. The number of para-hydroxylation sites is 1. The second kappa shape index (κ2) is 7.43. The molecule has 0 saturated carbocycles. The Bertz CT molecular complexity index is 786. The summed E-state index contributed by atoms with van der Waals surface area (Å²) < 4.78 is 1.43. The van der Waals surface area contributed by atoms with Crippen molar-refractivity contribution in [3.63, 3.8) is 0 Å². The number of aromatic nitrogens is 2. The summed E-state index contributed by atoms with van der Waals surface area (Å²) in [4.78, 5) is 28.9. The number of amides is 1. The molecular formula is C19H25N3O2. The number of benzene rings is 1. The van der Waals surface area contributed by atoms with Crippen LogP contribution in [0.1, 0.15) is 49.3 Å². The molecule has 1 aromatic heterocycles. The Morgan fingerprint density at radius 1 is 1.21 bits per heavy atom. The van der Waals surface area contributed by atoms with E-state index in [0.717, 1.165) is 35.3 Å². The third-order valence-corrected chi connectivity index (χ3v) is 4.29. The molecule has 1 heterocycles. The predicted octanol–water partition coefficient (Wildman–Crippen LogP) is 3.18.